The van der Waals surface area contributed by atoms with Gasteiger partial charge in [0.15, 0.2) is 0 Å². The van der Waals surface area contributed by atoms with E-state index in [-0.39, 0.29) is 17.4 Å². The van der Waals surface area contributed by atoms with E-state index in [4.69, 9.17) is 14.2 Å². The number of likely N-dealkylation sites (tertiary alicyclic amines) is 1. The Bertz CT molecular complexity index is 1080. The highest BCUT2D eigenvalue weighted by molar-refractivity contribution is 6.46. The van der Waals surface area contributed by atoms with Crippen molar-refractivity contribution in [1.82, 2.24) is 4.90 Å². The molecule has 0 saturated carbocycles. The molecule has 7 heteroatoms. The number of benzene rings is 2. The zero-order valence-electron chi connectivity index (χ0n) is 19.9. The quantitative estimate of drug-likeness (QED) is 0.354. The number of Topliss-reactive ketones (excluding diaryl/α,β-unsaturated/α-hetero) is 1. The Morgan fingerprint density at radius 2 is 1.82 bits per heavy atom. The first kappa shape index (κ1) is 23.8. The van der Waals surface area contributed by atoms with Crippen LogP contribution in [-0.4, -0.2) is 54.2 Å². The minimum absolute atomic E-state index is 0.0794. The number of rotatable bonds is 8. The molecule has 2 unspecified atom stereocenters. The third-order valence-corrected chi connectivity index (χ3v) is 6.22. The Morgan fingerprint density at radius 3 is 2.44 bits per heavy atom. The zero-order chi connectivity index (χ0) is 24.2. The summed E-state index contributed by atoms with van der Waals surface area (Å²) in [5, 5.41) is 11.3. The van der Waals surface area contributed by atoms with Crippen LogP contribution in [0.2, 0.25) is 0 Å². The fourth-order valence-electron chi connectivity index (χ4n) is 4.61. The summed E-state index contributed by atoms with van der Waals surface area (Å²) in [5.41, 5.74) is 2.10. The molecule has 2 aromatic carbocycles. The van der Waals surface area contributed by atoms with E-state index in [0.717, 1.165) is 24.0 Å². The smallest absolute Gasteiger partial charge is 0.295 e. The number of aryl methyl sites for hydroxylation is 1. The minimum Gasteiger partial charge on any atom is -0.507 e. The SMILES string of the molecule is CCOc1ccc(C2/C(=C(/O)c3ccc(OCC)c(C)c3)C(=O)C(=O)N2CC2CCCO2)cc1. The molecule has 7 nitrogen and oxygen atoms in total. The summed E-state index contributed by atoms with van der Waals surface area (Å²) in [6.45, 7) is 7.69. The monoisotopic (exact) mass is 465 g/mol. The van der Waals surface area contributed by atoms with Gasteiger partial charge in [-0.05, 0) is 75.1 Å². The van der Waals surface area contributed by atoms with Crippen LogP contribution in [0.1, 0.15) is 49.4 Å². The number of nitrogens with zero attached hydrogens (tertiary/aromatic N) is 1. The van der Waals surface area contributed by atoms with Gasteiger partial charge >= 0.3 is 0 Å². The fourth-order valence-corrected chi connectivity index (χ4v) is 4.61. The fraction of sp³-hybridized carbons (Fsp3) is 0.407. The average Bonchev–Trinajstić information content (AvgIpc) is 3.43. The molecule has 2 aromatic rings. The standard InChI is InChI=1S/C27H31NO6/c1-4-32-20-11-8-18(9-12-20)24-23(25(29)19-10-13-22(33-5-2)17(3)15-19)26(30)27(31)28(24)16-21-7-6-14-34-21/h8-13,15,21,24,29H,4-7,14,16H2,1-3H3/b25-23-. The Kier molecular flexibility index (Phi) is 7.22. The number of amides is 1. The third kappa shape index (κ3) is 4.66. The number of carbonyl (C=O) groups is 2. The molecule has 2 heterocycles. The first-order valence-electron chi connectivity index (χ1n) is 11.8. The van der Waals surface area contributed by atoms with E-state index in [1.165, 1.54) is 4.90 Å². The second kappa shape index (κ2) is 10.3. The maximum absolute atomic E-state index is 13.2. The van der Waals surface area contributed by atoms with Crippen molar-refractivity contribution in [3.05, 3.63) is 64.7 Å². The zero-order valence-corrected chi connectivity index (χ0v) is 19.9. The Balaban J connectivity index is 1.78. The van der Waals surface area contributed by atoms with Crippen LogP contribution in [-0.2, 0) is 14.3 Å². The van der Waals surface area contributed by atoms with Crippen LogP contribution in [0.15, 0.2) is 48.0 Å². The van der Waals surface area contributed by atoms with E-state index in [1.807, 2.05) is 45.0 Å². The van der Waals surface area contributed by atoms with Crippen molar-refractivity contribution in [2.45, 2.75) is 45.8 Å². The molecule has 2 saturated heterocycles. The first-order chi connectivity index (χ1) is 16.4. The van der Waals surface area contributed by atoms with Gasteiger partial charge in [-0.25, -0.2) is 0 Å². The maximum Gasteiger partial charge on any atom is 0.295 e. The molecule has 34 heavy (non-hydrogen) atoms. The molecular weight excluding hydrogens is 434 g/mol. The number of aliphatic hydroxyl groups excluding tert-OH is 1. The van der Waals surface area contributed by atoms with Crippen molar-refractivity contribution in [2.24, 2.45) is 0 Å². The van der Waals surface area contributed by atoms with E-state index in [9.17, 15) is 14.7 Å². The lowest BCUT2D eigenvalue weighted by Gasteiger charge is -2.27. The lowest BCUT2D eigenvalue weighted by Crippen LogP contribution is -2.36. The molecule has 0 aliphatic carbocycles. The third-order valence-electron chi connectivity index (χ3n) is 6.22. The van der Waals surface area contributed by atoms with Crippen molar-refractivity contribution in [2.75, 3.05) is 26.4 Å². The normalized spacial score (nSPS) is 21.8. The number of ketones is 1. The maximum atomic E-state index is 13.2. The molecule has 0 spiro atoms. The molecule has 0 radical (unpaired) electrons. The second-order valence-corrected chi connectivity index (χ2v) is 8.50. The number of hydrogen-bond acceptors (Lipinski definition) is 6. The summed E-state index contributed by atoms with van der Waals surface area (Å²) < 4.78 is 16.9. The molecule has 2 aliphatic heterocycles. The number of aliphatic hydroxyl groups is 1. The van der Waals surface area contributed by atoms with Gasteiger partial charge in [-0.15, -0.1) is 0 Å². The Hall–Kier alpha value is -3.32. The van der Waals surface area contributed by atoms with Gasteiger partial charge in [0.1, 0.15) is 17.3 Å². The largest absolute Gasteiger partial charge is 0.507 e. The van der Waals surface area contributed by atoms with Crippen LogP contribution >= 0.6 is 0 Å². The van der Waals surface area contributed by atoms with Gasteiger partial charge in [-0.3, -0.25) is 9.59 Å². The highest BCUT2D eigenvalue weighted by atomic mass is 16.5. The van der Waals surface area contributed by atoms with Crippen LogP contribution in [0.25, 0.3) is 5.76 Å². The van der Waals surface area contributed by atoms with Crippen molar-refractivity contribution >= 4 is 17.4 Å². The first-order valence-corrected chi connectivity index (χ1v) is 11.8. The molecule has 2 atom stereocenters. The lowest BCUT2D eigenvalue weighted by molar-refractivity contribution is -0.140. The Morgan fingerprint density at radius 1 is 1.09 bits per heavy atom. The van der Waals surface area contributed by atoms with Gasteiger partial charge in [0.2, 0.25) is 0 Å². The molecule has 1 amide bonds. The van der Waals surface area contributed by atoms with Crippen LogP contribution in [0.4, 0.5) is 0 Å². The van der Waals surface area contributed by atoms with E-state index in [2.05, 4.69) is 0 Å². The van der Waals surface area contributed by atoms with Crippen LogP contribution in [0, 0.1) is 6.92 Å². The van der Waals surface area contributed by atoms with Gasteiger partial charge in [0.05, 0.1) is 30.9 Å². The summed E-state index contributed by atoms with van der Waals surface area (Å²) >= 11 is 0. The predicted molar refractivity (Wildman–Crippen MR) is 128 cm³/mol. The summed E-state index contributed by atoms with van der Waals surface area (Å²) in [6.07, 6.45) is 1.63. The predicted octanol–water partition coefficient (Wildman–Crippen LogP) is 4.39. The summed E-state index contributed by atoms with van der Waals surface area (Å²) in [4.78, 5) is 27.9. The van der Waals surface area contributed by atoms with E-state index in [1.54, 1.807) is 18.2 Å². The number of hydrogen-bond donors (Lipinski definition) is 1. The molecule has 2 fully saturated rings. The van der Waals surface area contributed by atoms with Crippen molar-refractivity contribution in [3.63, 3.8) is 0 Å². The number of ether oxygens (including phenoxy) is 3. The molecule has 2 aliphatic rings. The van der Waals surface area contributed by atoms with Gasteiger partial charge < -0.3 is 24.2 Å². The van der Waals surface area contributed by atoms with Crippen LogP contribution < -0.4 is 9.47 Å². The molecule has 180 valence electrons. The van der Waals surface area contributed by atoms with Crippen LogP contribution in [0.5, 0.6) is 11.5 Å². The summed E-state index contributed by atoms with van der Waals surface area (Å²) in [7, 11) is 0. The summed E-state index contributed by atoms with van der Waals surface area (Å²) in [5.74, 6) is -0.108. The van der Waals surface area contributed by atoms with E-state index in [0.29, 0.717) is 43.4 Å². The van der Waals surface area contributed by atoms with Crippen molar-refractivity contribution < 1.29 is 28.9 Å². The molecule has 0 bridgehead atoms. The second-order valence-electron chi connectivity index (χ2n) is 8.50. The van der Waals surface area contributed by atoms with Gasteiger partial charge in [0, 0.05) is 18.7 Å². The van der Waals surface area contributed by atoms with Crippen molar-refractivity contribution in [3.8, 4) is 11.5 Å². The minimum atomic E-state index is -0.716. The molecular formula is C27H31NO6. The molecule has 0 aromatic heterocycles. The Labute approximate surface area is 199 Å². The molecule has 1 N–H and O–H groups in total. The van der Waals surface area contributed by atoms with E-state index < -0.39 is 17.7 Å². The average molecular weight is 466 g/mol. The molecule has 4 rings (SSSR count). The highest BCUT2D eigenvalue weighted by Gasteiger charge is 2.47. The van der Waals surface area contributed by atoms with Gasteiger partial charge in [-0.2, -0.15) is 0 Å². The summed E-state index contributed by atoms with van der Waals surface area (Å²) in [6, 6.07) is 11.8. The number of carbonyl (C=O) groups excluding carboxylic acids is 2. The highest BCUT2D eigenvalue weighted by Crippen LogP contribution is 2.41. The van der Waals surface area contributed by atoms with Crippen molar-refractivity contribution in [1.29, 1.82) is 0 Å². The van der Waals surface area contributed by atoms with Crippen LogP contribution in [0.3, 0.4) is 0 Å². The van der Waals surface area contributed by atoms with Gasteiger partial charge in [0.25, 0.3) is 11.7 Å². The van der Waals surface area contributed by atoms with Gasteiger partial charge in [-0.1, -0.05) is 12.1 Å². The lowest BCUT2D eigenvalue weighted by atomic mass is 9.94. The van der Waals surface area contributed by atoms with E-state index >= 15 is 0 Å². The topological polar surface area (TPSA) is 85.3 Å².